The Morgan fingerprint density at radius 3 is 2.35 bits per heavy atom. The zero-order valence-electron chi connectivity index (χ0n) is 14.7. The highest BCUT2D eigenvalue weighted by molar-refractivity contribution is 6.31. The molecule has 1 aromatic rings. The van der Waals surface area contributed by atoms with E-state index in [1.165, 1.54) is 24.9 Å². The van der Waals surface area contributed by atoms with Gasteiger partial charge in [-0.05, 0) is 55.7 Å². The fraction of sp³-hybridized carbons (Fsp3) is 0.600. The minimum Gasteiger partial charge on any atom is -0.372 e. The number of piperazine rings is 1. The minimum absolute atomic E-state index is 0.816. The molecule has 1 heterocycles. The summed E-state index contributed by atoms with van der Waals surface area (Å²) in [4.78, 5) is 5.06. The molecule has 1 atom stereocenters. The van der Waals surface area contributed by atoms with Crippen LogP contribution in [-0.4, -0.2) is 31.1 Å². The summed E-state index contributed by atoms with van der Waals surface area (Å²) in [5.74, 6) is 1.70. The average Bonchev–Trinajstić information content (AvgIpc) is 2.57. The molecule has 0 saturated carbocycles. The standard InChI is InChI=1S/C20H29ClN2/c1-15(2)17-5-8-18(9-6-17)22-10-12-23(13-11-22)19-7-4-16(3)20(21)14-19/h4,7-8,14-15,17H,5-6,9-13H2,1-3H3. The number of allylic oxidation sites excluding steroid dienone is 2. The van der Waals surface area contributed by atoms with E-state index in [9.17, 15) is 0 Å². The number of aryl methyl sites for hydroxylation is 1. The fourth-order valence-corrected chi connectivity index (χ4v) is 3.94. The van der Waals surface area contributed by atoms with Gasteiger partial charge >= 0.3 is 0 Å². The van der Waals surface area contributed by atoms with Gasteiger partial charge in [0.05, 0.1) is 0 Å². The van der Waals surface area contributed by atoms with Gasteiger partial charge in [0.15, 0.2) is 0 Å². The molecular formula is C20H29ClN2. The molecule has 2 nitrogen and oxygen atoms in total. The zero-order valence-corrected chi connectivity index (χ0v) is 15.4. The van der Waals surface area contributed by atoms with Gasteiger partial charge in [-0.15, -0.1) is 0 Å². The largest absolute Gasteiger partial charge is 0.372 e. The summed E-state index contributed by atoms with van der Waals surface area (Å²) < 4.78 is 0. The lowest BCUT2D eigenvalue weighted by atomic mass is 9.84. The SMILES string of the molecule is Cc1ccc(N2CCN(C3=CCC(C(C)C)CC3)CC2)cc1Cl. The van der Waals surface area contributed by atoms with Crippen LogP contribution in [0.3, 0.4) is 0 Å². The second-order valence-corrected chi connectivity index (χ2v) is 7.79. The average molecular weight is 333 g/mol. The molecule has 1 unspecified atom stereocenters. The summed E-state index contributed by atoms with van der Waals surface area (Å²) in [6, 6.07) is 6.43. The van der Waals surface area contributed by atoms with Crippen LogP contribution in [0.1, 0.15) is 38.7 Å². The van der Waals surface area contributed by atoms with Crippen LogP contribution in [-0.2, 0) is 0 Å². The topological polar surface area (TPSA) is 6.48 Å². The predicted molar refractivity (Wildman–Crippen MR) is 100 cm³/mol. The van der Waals surface area contributed by atoms with E-state index < -0.39 is 0 Å². The van der Waals surface area contributed by atoms with Gasteiger partial charge in [0.2, 0.25) is 0 Å². The number of rotatable bonds is 3. The van der Waals surface area contributed by atoms with Crippen LogP contribution in [0, 0.1) is 18.8 Å². The number of benzene rings is 1. The summed E-state index contributed by atoms with van der Waals surface area (Å²) in [7, 11) is 0. The Balaban J connectivity index is 1.57. The van der Waals surface area contributed by atoms with Crippen molar-refractivity contribution in [2.75, 3.05) is 31.1 Å². The van der Waals surface area contributed by atoms with Crippen molar-refractivity contribution in [3.05, 3.63) is 40.6 Å². The van der Waals surface area contributed by atoms with Gasteiger partial charge in [-0.3, -0.25) is 0 Å². The van der Waals surface area contributed by atoms with Crippen molar-refractivity contribution >= 4 is 17.3 Å². The molecule has 2 aliphatic rings. The maximum Gasteiger partial charge on any atom is 0.0455 e. The van der Waals surface area contributed by atoms with Gasteiger partial charge in [0.25, 0.3) is 0 Å². The summed E-state index contributed by atoms with van der Waals surface area (Å²) >= 11 is 6.28. The number of nitrogens with zero attached hydrogens (tertiary/aromatic N) is 2. The molecular weight excluding hydrogens is 304 g/mol. The fourth-order valence-electron chi connectivity index (χ4n) is 3.76. The Morgan fingerprint density at radius 1 is 1.09 bits per heavy atom. The van der Waals surface area contributed by atoms with Gasteiger partial charge in [0.1, 0.15) is 0 Å². The third kappa shape index (κ3) is 3.85. The van der Waals surface area contributed by atoms with Crippen molar-refractivity contribution in [1.82, 2.24) is 4.90 Å². The molecule has 1 aromatic carbocycles. The minimum atomic E-state index is 0.816. The van der Waals surface area contributed by atoms with Crippen molar-refractivity contribution in [1.29, 1.82) is 0 Å². The third-order valence-electron chi connectivity index (χ3n) is 5.58. The van der Waals surface area contributed by atoms with Crippen LogP contribution in [0.2, 0.25) is 5.02 Å². The molecule has 1 saturated heterocycles. The highest BCUT2D eigenvalue weighted by Gasteiger charge is 2.23. The molecule has 0 aromatic heterocycles. The van der Waals surface area contributed by atoms with E-state index in [1.807, 2.05) is 0 Å². The highest BCUT2D eigenvalue weighted by atomic mass is 35.5. The molecule has 1 aliphatic carbocycles. The van der Waals surface area contributed by atoms with Crippen molar-refractivity contribution in [3.63, 3.8) is 0 Å². The van der Waals surface area contributed by atoms with E-state index in [0.717, 1.165) is 48.6 Å². The van der Waals surface area contributed by atoms with E-state index in [0.29, 0.717) is 0 Å². The first-order chi connectivity index (χ1) is 11.0. The number of hydrogen-bond acceptors (Lipinski definition) is 2. The molecule has 1 fully saturated rings. The van der Waals surface area contributed by atoms with Gasteiger partial charge in [-0.1, -0.05) is 37.6 Å². The first kappa shape index (κ1) is 16.7. The van der Waals surface area contributed by atoms with Gasteiger partial charge in [0, 0.05) is 42.6 Å². The van der Waals surface area contributed by atoms with E-state index in [4.69, 9.17) is 11.6 Å². The summed E-state index contributed by atoms with van der Waals surface area (Å²) in [5, 5.41) is 0.875. The van der Waals surface area contributed by atoms with Crippen LogP contribution in [0.25, 0.3) is 0 Å². The Morgan fingerprint density at radius 2 is 1.78 bits per heavy atom. The second kappa shape index (κ2) is 7.17. The lowest BCUT2D eigenvalue weighted by Gasteiger charge is -2.40. The van der Waals surface area contributed by atoms with Crippen molar-refractivity contribution in [3.8, 4) is 0 Å². The molecule has 0 N–H and O–H groups in total. The quantitative estimate of drug-likeness (QED) is 0.758. The van der Waals surface area contributed by atoms with Crippen LogP contribution in [0.4, 0.5) is 5.69 Å². The Hall–Kier alpha value is -1.15. The summed E-state index contributed by atoms with van der Waals surface area (Å²) in [6.07, 6.45) is 6.39. The van der Waals surface area contributed by atoms with Gasteiger partial charge in [-0.2, -0.15) is 0 Å². The van der Waals surface area contributed by atoms with Crippen LogP contribution < -0.4 is 4.90 Å². The normalized spacial score (nSPS) is 22.5. The van der Waals surface area contributed by atoms with Crippen LogP contribution in [0.5, 0.6) is 0 Å². The first-order valence-corrected chi connectivity index (χ1v) is 9.37. The van der Waals surface area contributed by atoms with Gasteiger partial charge < -0.3 is 9.80 Å². The summed E-state index contributed by atoms with van der Waals surface area (Å²) in [6.45, 7) is 11.2. The Kier molecular flexibility index (Phi) is 5.21. The molecule has 126 valence electrons. The molecule has 0 bridgehead atoms. The molecule has 0 spiro atoms. The molecule has 3 rings (SSSR count). The van der Waals surface area contributed by atoms with Crippen molar-refractivity contribution in [2.24, 2.45) is 11.8 Å². The molecule has 1 aliphatic heterocycles. The first-order valence-electron chi connectivity index (χ1n) is 8.99. The summed E-state index contributed by atoms with van der Waals surface area (Å²) in [5.41, 5.74) is 4.00. The Labute approximate surface area is 146 Å². The molecule has 23 heavy (non-hydrogen) atoms. The maximum atomic E-state index is 6.28. The van der Waals surface area contributed by atoms with Crippen LogP contribution in [0.15, 0.2) is 30.0 Å². The highest BCUT2D eigenvalue weighted by Crippen LogP contribution is 2.31. The molecule has 0 radical (unpaired) electrons. The maximum absolute atomic E-state index is 6.28. The van der Waals surface area contributed by atoms with E-state index in [-0.39, 0.29) is 0 Å². The van der Waals surface area contributed by atoms with E-state index >= 15 is 0 Å². The van der Waals surface area contributed by atoms with E-state index in [2.05, 4.69) is 54.8 Å². The predicted octanol–water partition coefficient (Wildman–Crippen LogP) is 5.11. The number of halogens is 1. The lowest BCUT2D eigenvalue weighted by molar-refractivity contribution is 0.272. The van der Waals surface area contributed by atoms with Crippen molar-refractivity contribution in [2.45, 2.75) is 40.0 Å². The number of anilines is 1. The number of hydrogen-bond donors (Lipinski definition) is 0. The van der Waals surface area contributed by atoms with E-state index in [1.54, 1.807) is 5.70 Å². The molecule has 3 heteroatoms. The smallest absolute Gasteiger partial charge is 0.0455 e. The lowest BCUT2D eigenvalue weighted by Crippen LogP contribution is -2.46. The monoisotopic (exact) mass is 332 g/mol. The van der Waals surface area contributed by atoms with Crippen LogP contribution >= 0.6 is 11.6 Å². The Bertz CT molecular complexity index is 571. The zero-order chi connectivity index (χ0) is 16.4. The van der Waals surface area contributed by atoms with Crippen molar-refractivity contribution < 1.29 is 0 Å². The molecule has 0 amide bonds. The third-order valence-corrected chi connectivity index (χ3v) is 5.98. The second-order valence-electron chi connectivity index (χ2n) is 7.38. The van der Waals surface area contributed by atoms with Gasteiger partial charge in [-0.25, -0.2) is 0 Å².